The molecule has 2 nitrogen and oxygen atoms in total. The van der Waals surface area contributed by atoms with E-state index in [1.54, 1.807) is 0 Å². The summed E-state index contributed by atoms with van der Waals surface area (Å²) < 4.78 is 12.6. The largest absolute Gasteiger partial charge is 1.00 e. The molecular weight excluding hydrogens is 443 g/mol. The van der Waals surface area contributed by atoms with E-state index < -0.39 is 7.26 Å². The van der Waals surface area contributed by atoms with Gasteiger partial charge in [0.05, 0.1) is 0 Å². The topological polar surface area (TPSA) is 18.5 Å². The molecule has 1 saturated heterocycles. The molecule has 4 rings (SSSR count). The van der Waals surface area contributed by atoms with E-state index >= 15 is 0 Å². The summed E-state index contributed by atoms with van der Waals surface area (Å²) in [4.78, 5) is 0. The summed E-state index contributed by atoms with van der Waals surface area (Å²) in [6, 6.07) is 32.6. The van der Waals surface area contributed by atoms with E-state index in [4.69, 9.17) is 9.47 Å². The van der Waals surface area contributed by atoms with Crippen molar-refractivity contribution in [3.8, 4) is 0 Å². The van der Waals surface area contributed by atoms with E-state index in [0.29, 0.717) is 0 Å². The lowest BCUT2D eigenvalue weighted by Gasteiger charge is -2.35. The van der Waals surface area contributed by atoms with Crippen molar-refractivity contribution in [3.05, 3.63) is 91.0 Å². The Kier molecular flexibility index (Phi) is 8.03. The van der Waals surface area contributed by atoms with Crippen molar-refractivity contribution in [1.29, 1.82) is 0 Å². The van der Waals surface area contributed by atoms with Crippen LogP contribution in [0.5, 0.6) is 0 Å². The minimum Gasteiger partial charge on any atom is -1.00 e. The molecule has 29 heavy (non-hydrogen) atoms. The predicted molar refractivity (Wildman–Crippen MR) is 119 cm³/mol. The predicted octanol–water partition coefficient (Wildman–Crippen LogP) is 1.87. The molecule has 0 radical (unpaired) electrons. The van der Waals surface area contributed by atoms with Gasteiger partial charge < -0.3 is 26.5 Å². The van der Waals surface area contributed by atoms with E-state index in [1.807, 2.05) is 0 Å². The van der Waals surface area contributed by atoms with Crippen molar-refractivity contribution in [2.45, 2.75) is 38.3 Å². The fourth-order valence-corrected chi connectivity index (χ4v) is 8.60. The Balaban J connectivity index is 0.00000240. The first-order valence-electron chi connectivity index (χ1n) is 10.1. The van der Waals surface area contributed by atoms with Gasteiger partial charge in [0.2, 0.25) is 0 Å². The third-order valence-electron chi connectivity index (χ3n) is 5.52. The van der Waals surface area contributed by atoms with Gasteiger partial charge in [0.1, 0.15) is 23.2 Å². The molecule has 152 valence electrons. The summed E-state index contributed by atoms with van der Waals surface area (Å²) in [5.41, 5.74) is 0. The number of ether oxygens (including phenoxy) is 2. The number of halogens is 1. The van der Waals surface area contributed by atoms with Gasteiger partial charge in [-0.2, -0.15) is 0 Å². The summed E-state index contributed by atoms with van der Waals surface area (Å²) in [6.45, 7) is 3.03. The minimum atomic E-state index is -2.01. The fourth-order valence-electron chi connectivity index (χ4n) is 4.20. The van der Waals surface area contributed by atoms with Gasteiger partial charge in [0.15, 0.2) is 12.1 Å². The van der Waals surface area contributed by atoms with Crippen LogP contribution in [0.4, 0.5) is 0 Å². The maximum absolute atomic E-state index is 6.65. The zero-order chi connectivity index (χ0) is 19.2. The van der Waals surface area contributed by atoms with Gasteiger partial charge in [-0.15, -0.1) is 0 Å². The standard InChI is InChI=1S/C25H28O2P.BrH/c1-21(27-25-19-11-12-20-26-25)28(22-13-5-2-6-14-22,23-15-7-3-8-16-23)24-17-9-4-10-18-24;/h2-10,13-18,21,25H,11-12,19-20H2,1H3;1H/q+1;/p-1. The first kappa shape index (κ1) is 22.2. The van der Waals surface area contributed by atoms with E-state index in [9.17, 15) is 0 Å². The van der Waals surface area contributed by atoms with E-state index in [0.717, 1.165) is 19.4 Å². The minimum absolute atomic E-state index is 0. The zero-order valence-electron chi connectivity index (χ0n) is 16.8. The van der Waals surface area contributed by atoms with Crippen LogP contribution in [0.1, 0.15) is 26.2 Å². The van der Waals surface area contributed by atoms with E-state index in [2.05, 4.69) is 97.9 Å². The second-order valence-corrected chi connectivity index (χ2v) is 11.0. The van der Waals surface area contributed by atoms with Crippen LogP contribution in [-0.4, -0.2) is 18.7 Å². The summed E-state index contributed by atoms with van der Waals surface area (Å²) in [6.07, 6.45) is 3.16. The van der Waals surface area contributed by atoms with Crippen LogP contribution in [0.2, 0.25) is 0 Å². The van der Waals surface area contributed by atoms with Gasteiger partial charge in [0, 0.05) is 6.61 Å². The second-order valence-electron chi connectivity index (χ2n) is 7.26. The summed E-state index contributed by atoms with van der Waals surface area (Å²) >= 11 is 0. The summed E-state index contributed by atoms with van der Waals surface area (Å²) in [7, 11) is -2.01. The molecule has 1 aliphatic heterocycles. The maximum atomic E-state index is 6.65. The van der Waals surface area contributed by atoms with Gasteiger partial charge >= 0.3 is 0 Å². The van der Waals surface area contributed by atoms with Crippen LogP contribution >= 0.6 is 7.26 Å². The molecule has 1 aliphatic rings. The van der Waals surface area contributed by atoms with Gasteiger partial charge in [-0.05, 0) is 62.6 Å². The number of benzene rings is 3. The molecule has 3 aromatic carbocycles. The van der Waals surface area contributed by atoms with Crippen LogP contribution < -0.4 is 32.9 Å². The van der Waals surface area contributed by atoms with Crippen LogP contribution in [-0.2, 0) is 9.47 Å². The van der Waals surface area contributed by atoms with Crippen LogP contribution in [0, 0.1) is 0 Å². The summed E-state index contributed by atoms with van der Waals surface area (Å²) in [5, 5.41) is 4.03. The Morgan fingerprint density at radius 2 is 1.21 bits per heavy atom. The lowest BCUT2D eigenvalue weighted by molar-refractivity contribution is -0.168. The smallest absolute Gasteiger partial charge is 0.181 e. The van der Waals surface area contributed by atoms with Crippen molar-refractivity contribution in [1.82, 2.24) is 0 Å². The van der Waals surface area contributed by atoms with Crippen LogP contribution in [0.25, 0.3) is 0 Å². The van der Waals surface area contributed by atoms with E-state index in [1.165, 1.54) is 22.3 Å². The molecule has 1 fully saturated rings. The van der Waals surface area contributed by atoms with Gasteiger partial charge in [-0.1, -0.05) is 54.6 Å². The SMILES string of the molecule is CC(OC1CCCCO1)[P+](c1ccccc1)(c1ccccc1)c1ccccc1.[Br-]. The molecule has 0 bridgehead atoms. The molecule has 0 aromatic heterocycles. The maximum Gasteiger partial charge on any atom is 0.181 e. The van der Waals surface area contributed by atoms with Crippen molar-refractivity contribution in [3.63, 3.8) is 0 Å². The Hall–Kier alpha value is -1.51. The Bertz CT molecular complexity index is 755. The molecule has 0 spiro atoms. The monoisotopic (exact) mass is 470 g/mol. The molecule has 4 heteroatoms. The highest BCUT2D eigenvalue weighted by Crippen LogP contribution is 2.60. The third kappa shape index (κ3) is 4.64. The Labute approximate surface area is 185 Å². The molecule has 0 N–H and O–H groups in total. The highest BCUT2D eigenvalue weighted by Gasteiger charge is 2.52. The number of hydrogen-bond donors (Lipinski definition) is 0. The normalized spacial score (nSPS) is 17.9. The zero-order valence-corrected chi connectivity index (χ0v) is 19.3. The molecule has 2 unspecified atom stereocenters. The highest BCUT2D eigenvalue weighted by molar-refractivity contribution is 7.96. The first-order chi connectivity index (χ1) is 13.8. The molecular formula is C25H28BrO2P. The quantitative estimate of drug-likeness (QED) is 0.512. The van der Waals surface area contributed by atoms with Crippen LogP contribution in [0.3, 0.4) is 0 Å². The van der Waals surface area contributed by atoms with Crippen molar-refractivity contribution >= 4 is 23.2 Å². The number of hydrogen-bond acceptors (Lipinski definition) is 2. The third-order valence-corrected chi connectivity index (χ3v) is 10.1. The van der Waals surface area contributed by atoms with E-state index in [-0.39, 0.29) is 29.1 Å². The first-order valence-corrected chi connectivity index (χ1v) is 12.0. The molecule has 3 aromatic rings. The molecule has 2 atom stereocenters. The Morgan fingerprint density at radius 1 is 0.759 bits per heavy atom. The summed E-state index contributed by atoms with van der Waals surface area (Å²) in [5.74, 6) is 0.0165. The lowest BCUT2D eigenvalue weighted by Crippen LogP contribution is -3.00. The van der Waals surface area contributed by atoms with Gasteiger partial charge in [0.25, 0.3) is 0 Å². The van der Waals surface area contributed by atoms with Crippen LogP contribution in [0.15, 0.2) is 91.0 Å². The highest BCUT2D eigenvalue weighted by atomic mass is 79.9. The molecule has 0 amide bonds. The van der Waals surface area contributed by atoms with Gasteiger partial charge in [-0.3, -0.25) is 0 Å². The number of rotatable bonds is 6. The van der Waals surface area contributed by atoms with Crippen molar-refractivity contribution in [2.75, 3.05) is 6.61 Å². The van der Waals surface area contributed by atoms with Crippen molar-refractivity contribution in [2.24, 2.45) is 0 Å². The Morgan fingerprint density at radius 3 is 1.59 bits per heavy atom. The molecule has 0 aliphatic carbocycles. The van der Waals surface area contributed by atoms with Crippen molar-refractivity contribution < 1.29 is 26.5 Å². The molecule has 1 heterocycles. The fraction of sp³-hybridized carbons (Fsp3) is 0.280. The molecule has 0 saturated carbocycles. The lowest BCUT2D eigenvalue weighted by atomic mass is 10.2. The average Bonchev–Trinajstić information content (AvgIpc) is 2.77. The second kappa shape index (κ2) is 10.5. The van der Waals surface area contributed by atoms with Gasteiger partial charge in [-0.25, -0.2) is 0 Å². The average molecular weight is 471 g/mol.